The Labute approximate surface area is 412 Å². The van der Waals surface area contributed by atoms with E-state index in [0.29, 0.717) is 11.1 Å². The Kier molecular flexibility index (Phi) is 17.4. The summed E-state index contributed by atoms with van der Waals surface area (Å²) in [4.78, 5) is 13.4. The van der Waals surface area contributed by atoms with E-state index in [1.165, 1.54) is 97.9 Å². The minimum atomic E-state index is -9.59. The second kappa shape index (κ2) is 20.0. The van der Waals surface area contributed by atoms with Crippen molar-refractivity contribution in [3.63, 3.8) is 0 Å². The van der Waals surface area contributed by atoms with Gasteiger partial charge >= 0.3 is 71.4 Å². The van der Waals surface area contributed by atoms with Gasteiger partial charge in [0.05, 0.1) is 0 Å². The smallest absolute Gasteiger partial charge is 0.397 e. The third kappa shape index (κ3) is 9.49. The zero-order valence-electron chi connectivity index (χ0n) is 41.1. The summed E-state index contributed by atoms with van der Waals surface area (Å²) in [5, 5.41) is 0. The first kappa shape index (κ1) is 64.2. The van der Waals surface area contributed by atoms with E-state index in [4.69, 9.17) is 4.18 Å². The molecule has 0 N–H and O–H groups in total. The van der Waals surface area contributed by atoms with Gasteiger partial charge in [0.2, 0.25) is 0 Å². The molecule has 3 aromatic rings. The molecule has 2 nitrogen and oxygen atoms in total. The number of hydrogen-bond donors (Lipinski definition) is 0. The highest BCUT2D eigenvalue weighted by Crippen LogP contribution is 2.76. The number of benzene rings is 3. The molecule has 0 spiro atoms. The van der Waals surface area contributed by atoms with E-state index in [9.17, 15) is 70.7 Å². The van der Waals surface area contributed by atoms with Crippen LogP contribution >= 0.6 is 10.3 Å². The first-order valence-corrected chi connectivity index (χ1v) is 23.7. The second-order valence-electron chi connectivity index (χ2n) is 19.5. The van der Waals surface area contributed by atoms with Crippen LogP contribution in [0.25, 0.3) is 0 Å². The van der Waals surface area contributed by atoms with Crippen molar-refractivity contribution in [2.45, 2.75) is 199 Å². The molecular formula is C48H51F23O2S. The molecular weight excluding hydrogens is 1080 g/mol. The molecule has 0 fully saturated rings. The predicted octanol–water partition coefficient (Wildman–Crippen LogP) is 19.1. The molecule has 0 radical (unpaired) electrons. The molecule has 0 unspecified atom stereocenters. The first-order valence-electron chi connectivity index (χ1n) is 22.2. The van der Waals surface area contributed by atoms with Crippen molar-refractivity contribution < 1.29 is 110 Å². The van der Waals surface area contributed by atoms with E-state index in [1.54, 1.807) is 27.7 Å². The minimum Gasteiger partial charge on any atom is -0.397 e. The van der Waals surface area contributed by atoms with Gasteiger partial charge in [-0.05, 0) is 91.3 Å². The summed E-state index contributed by atoms with van der Waals surface area (Å²) in [6, 6.07) is 11.9. The van der Waals surface area contributed by atoms with Gasteiger partial charge in [-0.1, -0.05) is 126 Å². The fourth-order valence-electron chi connectivity index (χ4n) is 7.57. The summed E-state index contributed by atoms with van der Waals surface area (Å²) in [6.45, 7) is 19.1. The van der Waals surface area contributed by atoms with Crippen LogP contribution < -0.4 is 0 Å². The number of alkyl halides is 23. The monoisotopic (exact) mass is 1130 g/mol. The summed E-state index contributed by atoms with van der Waals surface area (Å²) in [5.41, 5.74) is 1.47. The van der Waals surface area contributed by atoms with Gasteiger partial charge in [-0.25, -0.2) is 4.79 Å². The standard InChI is InChI=1S/C48H51F23O2S/c1-22(2)28-18-31(24(5)6)35(32(19-28)25(7)8)74(30-16-14-13-15-17-30,36-33(26(9)10)20-29(23(3)4)21-34(36)27(11)12)73-37(72)38(49,50)39(51,52)40(53,54)41(55,56)42(57,58)43(59,60)44(61,62)45(63,64)46(65,66)47(67,68)48(69,70)71/h13-27H,1-12H3. The molecule has 3 aromatic carbocycles. The summed E-state index contributed by atoms with van der Waals surface area (Å²) >= 11 is 0. The molecule has 0 bridgehead atoms. The average Bonchev–Trinajstić information content (AvgIpc) is 3.26. The molecule has 0 aliphatic heterocycles. The van der Waals surface area contributed by atoms with Gasteiger partial charge in [0.25, 0.3) is 0 Å². The Morgan fingerprint density at radius 1 is 0.365 bits per heavy atom. The van der Waals surface area contributed by atoms with Crippen LogP contribution in [0.2, 0.25) is 0 Å². The van der Waals surface area contributed by atoms with Gasteiger partial charge in [0, 0.05) is 14.7 Å². The quantitative estimate of drug-likeness (QED) is 0.105. The molecule has 422 valence electrons. The lowest BCUT2D eigenvalue weighted by atomic mass is 9.85. The molecule has 0 aromatic heterocycles. The fraction of sp³-hybridized carbons (Fsp3) is 0.604. The van der Waals surface area contributed by atoms with Crippen molar-refractivity contribution in [3.8, 4) is 0 Å². The van der Waals surface area contributed by atoms with Gasteiger partial charge < -0.3 is 4.18 Å². The summed E-state index contributed by atoms with van der Waals surface area (Å²) in [6.07, 6.45) is -8.18. The number of carbonyl (C=O) groups excluding carboxylic acids is 1. The molecule has 0 aliphatic rings. The normalized spacial score (nSPS) is 15.1. The average molecular weight is 1130 g/mol. The molecule has 0 atom stereocenters. The van der Waals surface area contributed by atoms with Gasteiger partial charge in [-0.2, -0.15) is 101 Å². The van der Waals surface area contributed by atoms with Crippen LogP contribution in [0, 0.1) is 0 Å². The highest BCUT2D eigenvalue weighted by Gasteiger charge is 2.99. The van der Waals surface area contributed by atoms with Crippen LogP contribution in [0.5, 0.6) is 0 Å². The Balaban J connectivity index is 2.65. The maximum absolute atomic E-state index is 16.6. The molecule has 0 aliphatic carbocycles. The van der Waals surface area contributed by atoms with Gasteiger partial charge in [-0.15, -0.1) is 0 Å². The number of carbonyl (C=O) groups is 1. The van der Waals surface area contributed by atoms with Crippen LogP contribution in [-0.2, 0) is 8.98 Å². The SMILES string of the molecule is CC(C)c1cc(C(C)C)c(S(OC(=O)C(F)(F)C(F)(F)C(F)(F)C(F)(F)C(F)(F)C(F)(F)C(F)(F)C(F)(F)C(F)(F)C(F)(F)C(F)(F)F)(c2ccccc2)c2c(C(C)C)cc(C(C)C)cc2C(C)C)c(C(C)C)c1. The highest BCUT2D eigenvalue weighted by atomic mass is 32.3. The third-order valence-corrected chi connectivity index (χ3v) is 15.6. The maximum Gasteiger partial charge on any atom is 0.460 e. The molecule has 0 saturated carbocycles. The van der Waals surface area contributed by atoms with Crippen molar-refractivity contribution in [2.24, 2.45) is 0 Å². The fourth-order valence-corrected chi connectivity index (χ4v) is 11.9. The third-order valence-electron chi connectivity index (χ3n) is 12.2. The van der Waals surface area contributed by atoms with Crippen molar-refractivity contribution >= 4 is 16.3 Å². The van der Waals surface area contributed by atoms with Gasteiger partial charge in [0.1, 0.15) is 0 Å². The lowest BCUT2D eigenvalue weighted by Crippen LogP contribution is -2.78. The van der Waals surface area contributed by atoms with Crippen LogP contribution in [0.4, 0.5) is 101 Å². The lowest BCUT2D eigenvalue weighted by Gasteiger charge is -2.47. The number of halogens is 23. The zero-order valence-corrected chi connectivity index (χ0v) is 41.9. The van der Waals surface area contributed by atoms with Gasteiger partial charge in [0.15, 0.2) is 0 Å². The Morgan fingerprint density at radius 2 is 0.608 bits per heavy atom. The Morgan fingerprint density at radius 3 is 0.838 bits per heavy atom. The summed E-state index contributed by atoms with van der Waals surface area (Å²) in [5.74, 6) is -98.8. The number of hydrogen-bond acceptors (Lipinski definition) is 2. The van der Waals surface area contributed by atoms with E-state index in [1.807, 2.05) is 0 Å². The molecule has 0 amide bonds. The molecule has 0 heterocycles. The summed E-state index contributed by atoms with van der Waals surface area (Å²) in [7, 11) is -4.73. The van der Waals surface area contributed by atoms with E-state index in [-0.39, 0.29) is 43.9 Å². The lowest BCUT2D eigenvalue weighted by molar-refractivity contribution is -0.477. The minimum absolute atomic E-state index is 0.106. The predicted molar refractivity (Wildman–Crippen MR) is 228 cm³/mol. The van der Waals surface area contributed by atoms with Crippen molar-refractivity contribution in [2.75, 3.05) is 0 Å². The first-order chi connectivity index (χ1) is 32.8. The van der Waals surface area contributed by atoms with E-state index in [0.717, 1.165) is 12.1 Å². The largest absolute Gasteiger partial charge is 0.460 e. The Hall–Kier alpha value is -4.13. The summed E-state index contributed by atoms with van der Waals surface area (Å²) < 4.78 is 342. The van der Waals surface area contributed by atoms with E-state index >= 15 is 35.1 Å². The van der Waals surface area contributed by atoms with Crippen LogP contribution in [-0.4, -0.2) is 71.4 Å². The number of rotatable bonds is 20. The maximum atomic E-state index is 16.6. The molecule has 3 rings (SSSR count). The highest BCUT2D eigenvalue weighted by molar-refractivity contribution is 8.30. The zero-order chi connectivity index (χ0) is 58.3. The molecule has 74 heavy (non-hydrogen) atoms. The second-order valence-corrected chi connectivity index (χ2v) is 22.0. The topological polar surface area (TPSA) is 26.3 Å². The van der Waals surface area contributed by atoms with Crippen molar-refractivity contribution in [1.82, 2.24) is 0 Å². The van der Waals surface area contributed by atoms with Gasteiger partial charge in [-0.3, -0.25) is 0 Å². The van der Waals surface area contributed by atoms with E-state index < -0.39 is 110 Å². The Bertz CT molecular complexity index is 2360. The van der Waals surface area contributed by atoms with Crippen molar-refractivity contribution in [1.29, 1.82) is 0 Å². The molecule has 26 heteroatoms. The van der Waals surface area contributed by atoms with Crippen molar-refractivity contribution in [3.05, 3.63) is 88.0 Å². The van der Waals surface area contributed by atoms with Crippen LogP contribution in [0.1, 0.15) is 152 Å². The van der Waals surface area contributed by atoms with Crippen LogP contribution in [0.15, 0.2) is 69.3 Å². The molecule has 0 saturated heterocycles. The van der Waals surface area contributed by atoms with Crippen LogP contribution in [0.3, 0.4) is 0 Å². The van der Waals surface area contributed by atoms with E-state index in [2.05, 4.69) is 0 Å².